The average molecular weight is 289 g/mol. The first-order valence-electron chi connectivity index (χ1n) is 4.77. The highest BCUT2D eigenvalue weighted by Gasteiger charge is 2.03. The summed E-state index contributed by atoms with van der Waals surface area (Å²) in [6.07, 6.45) is 5.21. The minimum atomic E-state index is -1.12. The molecule has 0 fully saturated rings. The predicted molar refractivity (Wildman–Crippen MR) is 67.4 cm³/mol. The largest absolute Gasteiger partial charge is 0.591 e. The fourth-order valence-electron chi connectivity index (χ4n) is 0.922. The van der Waals surface area contributed by atoms with Crippen LogP contribution in [-0.2, 0) is 11.4 Å². The molecular formula is C10H13BrN2OS. The van der Waals surface area contributed by atoms with E-state index in [1.165, 1.54) is 0 Å². The molecule has 0 aromatic carbocycles. The molecule has 0 saturated carbocycles. The van der Waals surface area contributed by atoms with Crippen LogP contribution in [0.5, 0.6) is 0 Å². The third-order valence-corrected chi connectivity index (χ3v) is 3.40. The quantitative estimate of drug-likeness (QED) is 0.618. The van der Waals surface area contributed by atoms with E-state index in [9.17, 15) is 4.55 Å². The van der Waals surface area contributed by atoms with Crippen LogP contribution in [0.15, 0.2) is 27.2 Å². The number of rotatable bonds is 5. The molecule has 0 N–H and O–H groups in total. The van der Waals surface area contributed by atoms with Gasteiger partial charge in [-0.2, -0.15) is 0 Å². The van der Waals surface area contributed by atoms with E-state index in [4.69, 9.17) is 0 Å². The number of hydrogen-bond donors (Lipinski definition) is 0. The second-order valence-corrected chi connectivity index (χ2v) is 5.10. The Morgan fingerprint density at radius 1 is 1.67 bits per heavy atom. The number of nitrogens with zero attached hydrogens (tertiary/aromatic N) is 2. The summed E-state index contributed by atoms with van der Waals surface area (Å²) in [4.78, 5) is 4.10. The summed E-state index contributed by atoms with van der Waals surface area (Å²) < 4.78 is 16.2. The number of unbranched alkanes of at least 4 members (excludes halogenated alkanes) is 1. The normalized spacial score (nSPS) is 13.3. The van der Waals surface area contributed by atoms with Crippen molar-refractivity contribution in [3.63, 3.8) is 0 Å². The summed E-state index contributed by atoms with van der Waals surface area (Å²) in [5.41, 5.74) is 0.711. The molecule has 0 radical (unpaired) electrons. The van der Waals surface area contributed by atoms with Crippen molar-refractivity contribution in [3.8, 4) is 0 Å². The lowest BCUT2D eigenvalue weighted by molar-refractivity contribution is 0.594. The van der Waals surface area contributed by atoms with Gasteiger partial charge in [-0.15, -0.1) is 0 Å². The van der Waals surface area contributed by atoms with Crippen LogP contribution in [0.1, 0.15) is 25.5 Å². The van der Waals surface area contributed by atoms with E-state index in [1.54, 1.807) is 12.4 Å². The van der Waals surface area contributed by atoms with Gasteiger partial charge in [0.2, 0.25) is 0 Å². The van der Waals surface area contributed by atoms with Crippen LogP contribution in [0, 0.1) is 0 Å². The molecule has 1 rings (SSSR count). The molecule has 0 aliphatic carbocycles. The van der Waals surface area contributed by atoms with Crippen LogP contribution in [0.2, 0.25) is 0 Å². The summed E-state index contributed by atoms with van der Waals surface area (Å²) in [5.74, 6) is 0.622. The molecule has 1 aromatic heterocycles. The van der Waals surface area contributed by atoms with Crippen LogP contribution in [-0.4, -0.2) is 21.5 Å². The fourth-order valence-corrected chi connectivity index (χ4v) is 2.14. The van der Waals surface area contributed by atoms with Crippen molar-refractivity contribution in [2.24, 2.45) is 4.40 Å². The monoisotopic (exact) mass is 288 g/mol. The molecule has 0 amide bonds. The zero-order valence-electron chi connectivity index (χ0n) is 8.52. The van der Waals surface area contributed by atoms with Crippen LogP contribution >= 0.6 is 15.9 Å². The molecule has 1 heterocycles. The van der Waals surface area contributed by atoms with Crippen LogP contribution in [0.3, 0.4) is 0 Å². The Morgan fingerprint density at radius 2 is 2.47 bits per heavy atom. The minimum absolute atomic E-state index is 0.622. The second kappa shape index (κ2) is 6.98. The Hall–Kier alpha value is -0.390. The summed E-state index contributed by atoms with van der Waals surface area (Å²) in [5, 5.41) is 0. The van der Waals surface area contributed by atoms with Crippen molar-refractivity contribution in [1.29, 1.82) is 0 Å². The van der Waals surface area contributed by atoms with Crippen LogP contribution in [0.25, 0.3) is 0 Å². The summed E-state index contributed by atoms with van der Waals surface area (Å²) in [6.45, 7) is 2.07. The molecule has 0 aliphatic heterocycles. The van der Waals surface area contributed by atoms with Crippen LogP contribution in [0.4, 0.5) is 0 Å². The molecule has 1 aromatic rings. The topological polar surface area (TPSA) is 48.3 Å². The van der Waals surface area contributed by atoms with E-state index >= 15 is 0 Å². The Labute approximate surface area is 101 Å². The lowest BCUT2D eigenvalue weighted by Gasteiger charge is -2.01. The van der Waals surface area contributed by atoms with Gasteiger partial charge < -0.3 is 4.55 Å². The van der Waals surface area contributed by atoms with Crippen molar-refractivity contribution in [3.05, 3.63) is 28.5 Å². The summed E-state index contributed by atoms with van der Waals surface area (Å²) in [7, 11) is 0. The standard InChI is InChI=1S/C10H13BrN2OS/c1-2-3-7-15(14)13-8-10-9(11)5-4-6-12-10/h4-6,8H,2-3,7H2,1H3/b13-8-/t15-/m0/s1. The maximum Gasteiger partial charge on any atom is 0.133 e. The van der Waals surface area contributed by atoms with Gasteiger partial charge in [-0.25, -0.2) is 0 Å². The molecule has 0 saturated heterocycles. The van der Waals surface area contributed by atoms with Crippen molar-refractivity contribution < 1.29 is 4.55 Å². The summed E-state index contributed by atoms with van der Waals surface area (Å²) in [6, 6.07) is 3.71. The number of hydrogen-bond acceptors (Lipinski definition) is 3. The van der Waals surface area contributed by atoms with Gasteiger partial charge >= 0.3 is 0 Å². The highest BCUT2D eigenvalue weighted by Crippen LogP contribution is 2.11. The molecule has 82 valence electrons. The number of aromatic nitrogens is 1. The van der Waals surface area contributed by atoms with Gasteiger partial charge in [0.25, 0.3) is 0 Å². The first-order valence-corrected chi connectivity index (χ1v) is 6.84. The van der Waals surface area contributed by atoms with Crippen molar-refractivity contribution >= 4 is 33.5 Å². The molecule has 1 atom stereocenters. The van der Waals surface area contributed by atoms with Gasteiger partial charge in [0.1, 0.15) is 12.0 Å². The highest BCUT2D eigenvalue weighted by molar-refractivity contribution is 9.10. The molecular weight excluding hydrogens is 276 g/mol. The zero-order valence-corrected chi connectivity index (χ0v) is 10.9. The van der Waals surface area contributed by atoms with E-state index in [0.29, 0.717) is 11.4 Å². The molecule has 0 aliphatic rings. The van der Waals surface area contributed by atoms with Crippen LogP contribution < -0.4 is 0 Å². The Kier molecular flexibility index (Phi) is 5.90. The third kappa shape index (κ3) is 4.77. The predicted octanol–water partition coefficient (Wildman–Crippen LogP) is 2.73. The van der Waals surface area contributed by atoms with Gasteiger partial charge in [-0.3, -0.25) is 4.98 Å². The minimum Gasteiger partial charge on any atom is -0.591 e. The van der Waals surface area contributed by atoms with E-state index in [1.807, 2.05) is 12.1 Å². The smallest absolute Gasteiger partial charge is 0.133 e. The van der Waals surface area contributed by atoms with Gasteiger partial charge in [0.15, 0.2) is 0 Å². The lowest BCUT2D eigenvalue weighted by atomic mass is 10.4. The first kappa shape index (κ1) is 12.7. The highest BCUT2D eigenvalue weighted by atomic mass is 79.9. The molecule has 0 bridgehead atoms. The van der Waals surface area contributed by atoms with Gasteiger partial charge in [0, 0.05) is 10.7 Å². The fraction of sp³-hybridized carbons (Fsp3) is 0.400. The Bertz CT molecular complexity index is 333. The molecule has 0 unspecified atom stereocenters. The average Bonchev–Trinajstić information content (AvgIpc) is 2.25. The van der Waals surface area contributed by atoms with Crippen molar-refractivity contribution in [1.82, 2.24) is 4.98 Å². The number of pyridine rings is 1. The summed E-state index contributed by atoms with van der Waals surface area (Å²) >= 11 is 2.23. The van der Waals surface area contributed by atoms with Crippen molar-refractivity contribution in [2.45, 2.75) is 19.8 Å². The van der Waals surface area contributed by atoms with E-state index in [0.717, 1.165) is 17.3 Å². The lowest BCUT2D eigenvalue weighted by Crippen LogP contribution is -2.03. The SMILES string of the molecule is CCCC[S@+]([O-])/N=C\c1ncccc1Br. The molecule has 3 nitrogen and oxygen atoms in total. The molecule has 15 heavy (non-hydrogen) atoms. The first-order chi connectivity index (χ1) is 7.24. The Morgan fingerprint density at radius 3 is 3.13 bits per heavy atom. The maximum atomic E-state index is 11.4. The van der Waals surface area contributed by atoms with Gasteiger partial charge in [0.05, 0.1) is 17.1 Å². The van der Waals surface area contributed by atoms with Gasteiger partial charge in [-0.1, -0.05) is 17.7 Å². The second-order valence-electron chi connectivity index (χ2n) is 2.98. The van der Waals surface area contributed by atoms with E-state index in [2.05, 4.69) is 32.2 Å². The van der Waals surface area contributed by atoms with E-state index in [-0.39, 0.29) is 0 Å². The molecule has 0 spiro atoms. The Balaban J connectivity index is 2.53. The van der Waals surface area contributed by atoms with Crippen molar-refractivity contribution in [2.75, 3.05) is 5.75 Å². The van der Waals surface area contributed by atoms with Gasteiger partial charge in [-0.05, 0) is 34.5 Å². The van der Waals surface area contributed by atoms with E-state index < -0.39 is 11.4 Å². The third-order valence-electron chi connectivity index (χ3n) is 1.75. The number of halogens is 1. The molecule has 5 heteroatoms. The zero-order chi connectivity index (χ0) is 11.1. The maximum absolute atomic E-state index is 11.4.